The number of hydrogen-bond donors (Lipinski definition) is 2. The molecule has 0 aromatic carbocycles. The van der Waals surface area contributed by atoms with Crippen molar-refractivity contribution in [2.45, 2.75) is 27.3 Å². The summed E-state index contributed by atoms with van der Waals surface area (Å²) in [5, 5.41) is 0. The zero-order valence-electron chi connectivity index (χ0n) is 15.9. The number of hydrogen-bond acceptors (Lipinski definition) is 5. The van der Waals surface area contributed by atoms with Gasteiger partial charge in [-0.25, -0.2) is 4.79 Å². The van der Waals surface area contributed by atoms with Crippen LogP contribution in [0.1, 0.15) is 20.8 Å². The number of H-pyrrole nitrogens is 1. The monoisotopic (exact) mass is 360 g/mol. The van der Waals surface area contributed by atoms with Gasteiger partial charge in [-0.2, -0.15) is 4.98 Å². The quantitative estimate of drug-likeness (QED) is 0.557. The van der Waals surface area contributed by atoms with Gasteiger partial charge in [0.2, 0.25) is 5.88 Å². The average molecular weight is 360 g/mol. The smallest absolute Gasteiger partial charge is 0.326 e. The molecule has 0 aliphatic rings. The number of pyridine rings is 1. The molecular weight excluding hydrogens is 332 g/mol. The summed E-state index contributed by atoms with van der Waals surface area (Å²) in [6.07, 6.45) is 7.37. The second-order valence-electron chi connectivity index (χ2n) is 5.07. The molecule has 0 atom stereocenters. The fourth-order valence-corrected chi connectivity index (χ4v) is 2.32. The van der Waals surface area contributed by atoms with Crippen LogP contribution < -0.4 is 16.2 Å². The Balaban J connectivity index is 0.00000163. The third-order valence-electron chi connectivity index (χ3n) is 3.36. The van der Waals surface area contributed by atoms with E-state index in [1.54, 1.807) is 23.8 Å². The van der Waals surface area contributed by atoms with Crippen molar-refractivity contribution in [3.8, 4) is 5.88 Å². The van der Waals surface area contributed by atoms with Crippen molar-refractivity contribution < 1.29 is 9.47 Å². The Bertz CT molecular complexity index is 831. The van der Waals surface area contributed by atoms with Gasteiger partial charge in [0.15, 0.2) is 5.82 Å². The maximum Gasteiger partial charge on any atom is 0.326 e. The van der Waals surface area contributed by atoms with E-state index in [1.165, 1.54) is 0 Å². The Morgan fingerprint density at radius 1 is 1.42 bits per heavy atom. The third kappa shape index (κ3) is 5.35. The van der Waals surface area contributed by atoms with Crippen LogP contribution in [0, 0.1) is 0 Å². The highest BCUT2D eigenvalue weighted by atomic mass is 16.5. The molecule has 0 aliphatic carbocycles. The van der Waals surface area contributed by atoms with Crippen molar-refractivity contribution in [1.82, 2.24) is 14.5 Å². The highest BCUT2D eigenvalue weighted by Crippen LogP contribution is 2.22. The topological polar surface area (TPSA) is 95.2 Å². The third-order valence-corrected chi connectivity index (χ3v) is 3.36. The van der Waals surface area contributed by atoms with Crippen LogP contribution in [0.4, 0.5) is 5.82 Å². The first-order valence-corrected chi connectivity index (χ1v) is 8.55. The minimum atomic E-state index is -0.257. The molecular formula is C19H28N4O3. The van der Waals surface area contributed by atoms with E-state index >= 15 is 0 Å². The molecule has 2 aromatic rings. The van der Waals surface area contributed by atoms with Gasteiger partial charge >= 0.3 is 5.69 Å². The molecule has 0 fully saturated rings. The van der Waals surface area contributed by atoms with Crippen molar-refractivity contribution in [3.05, 3.63) is 53.0 Å². The molecule has 0 saturated heterocycles. The molecule has 142 valence electrons. The number of nitrogens with two attached hydrogens (primary N) is 1. The molecule has 2 heterocycles. The van der Waals surface area contributed by atoms with E-state index in [9.17, 15) is 4.79 Å². The molecule has 0 saturated carbocycles. The fraction of sp³-hybridized carbons (Fsp3) is 0.368. The fourth-order valence-electron chi connectivity index (χ4n) is 2.32. The minimum absolute atomic E-state index is 0.219. The van der Waals surface area contributed by atoms with Crippen LogP contribution in [-0.2, 0) is 11.3 Å². The van der Waals surface area contributed by atoms with Gasteiger partial charge in [0.25, 0.3) is 0 Å². The normalized spacial score (nSPS) is 11.5. The number of nitrogen functional groups attached to an aromatic ring is 1. The lowest BCUT2D eigenvalue weighted by Crippen LogP contribution is -2.17. The molecule has 0 radical (unpaired) electrons. The number of ether oxygens (including phenoxy) is 2. The summed E-state index contributed by atoms with van der Waals surface area (Å²) in [5.41, 5.74) is 7.76. The minimum Gasteiger partial charge on any atom is -0.475 e. The van der Waals surface area contributed by atoms with Crippen LogP contribution in [0.15, 0.2) is 47.3 Å². The number of methoxy groups -OCH3 is 1. The lowest BCUT2D eigenvalue weighted by Gasteiger charge is -2.08. The molecule has 0 aliphatic heterocycles. The summed E-state index contributed by atoms with van der Waals surface area (Å²) in [6.45, 7) is 10.8. The van der Waals surface area contributed by atoms with Crippen LogP contribution in [0.25, 0.3) is 11.0 Å². The Morgan fingerprint density at radius 3 is 2.77 bits per heavy atom. The highest BCUT2D eigenvalue weighted by Gasteiger charge is 2.13. The van der Waals surface area contributed by atoms with E-state index in [2.05, 4.69) is 16.5 Å². The van der Waals surface area contributed by atoms with Gasteiger partial charge in [0.1, 0.15) is 12.1 Å². The maximum absolute atomic E-state index is 12.3. The molecule has 7 nitrogen and oxygen atoms in total. The van der Waals surface area contributed by atoms with Crippen LogP contribution >= 0.6 is 0 Å². The van der Waals surface area contributed by atoms with Gasteiger partial charge in [0, 0.05) is 13.2 Å². The maximum atomic E-state index is 12.3. The van der Waals surface area contributed by atoms with Crippen molar-refractivity contribution in [3.63, 3.8) is 0 Å². The highest BCUT2D eigenvalue weighted by molar-refractivity contribution is 5.85. The first-order chi connectivity index (χ1) is 12.6. The largest absolute Gasteiger partial charge is 0.475 e. The number of aromatic amines is 1. The lowest BCUT2D eigenvalue weighted by molar-refractivity contribution is 0.144. The number of nitrogens with one attached hydrogen (secondary N) is 1. The molecule has 26 heavy (non-hydrogen) atoms. The average Bonchev–Trinajstić information content (AvgIpc) is 2.94. The van der Waals surface area contributed by atoms with E-state index < -0.39 is 0 Å². The number of imidazole rings is 1. The Hall–Kier alpha value is -2.80. The Morgan fingerprint density at radius 2 is 2.15 bits per heavy atom. The predicted molar refractivity (Wildman–Crippen MR) is 107 cm³/mol. The number of rotatable bonds is 8. The van der Waals surface area contributed by atoms with Gasteiger partial charge in [-0.1, -0.05) is 44.7 Å². The Kier molecular flexibility index (Phi) is 8.94. The summed E-state index contributed by atoms with van der Waals surface area (Å²) >= 11 is 0. The standard InChI is InChI=1S/C17H22N4O3.C2H6/c1-4-6-12(7-5-2)11-21-13-10-14(24-9-8-23-3)19-16(18)15(13)20-17(21)22;1-2/h4-7,10H,1,8-9,11H2,2-3H3,(H2,18,19)(H,20,22);1-2H3/b7-5-,12-6+;. The SMILES string of the molecule is C=C/C=C(\C=C/C)Cn1c(=O)[nH]c2c(N)nc(OCCOC)cc21.CC. The van der Waals surface area contributed by atoms with Crippen molar-refractivity contribution >= 4 is 16.9 Å². The molecule has 0 unspecified atom stereocenters. The van der Waals surface area contributed by atoms with E-state index in [1.807, 2.05) is 39.0 Å². The second-order valence-corrected chi connectivity index (χ2v) is 5.07. The lowest BCUT2D eigenvalue weighted by atomic mass is 10.2. The number of nitrogens with zero attached hydrogens (tertiary/aromatic N) is 2. The van der Waals surface area contributed by atoms with Crippen molar-refractivity contribution in [2.24, 2.45) is 0 Å². The molecule has 7 heteroatoms. The van der Waals surface area contributed by atoms with E-state index in [0.29, 0.717) is 36.7 Å². The summed E-state index contributed by atoms with van der Waals surface area (Å²) in [6, 6.07) is 1.69. The van der Waals surface area contributed by atoms with E-state index in [4.69, 9.17) is 15.2 Å². The molecule has 3 N–H and O–H groups in total. The number of fused-ring (bicyclic) bond motifs is 1. The summed E-state index contributed by atoms with van der Waals surface area (Å²) in [7, 11) is 1.59. The summed E-state index contributed by atoms with van der Waals surface area (Å²) < 4.78 is 12.0. The molecule has 2 rings (SSSR count). The second kappa shape index (κ2) is 10.9. The molecule has 2 aromatic heterocycles. The van der Waals surface area contributed by atoms with Crippen LogP contribution in [0.5, 0.6) is 5.88 Å². The van der Waals surface area contributed by atoms with Crippen LogP contribution in [0.3, 0.4) is 0 Å². The zero-order valence-corrected chi connectivity index (χ0v) is 15.9. The number of aromatic nitrogens is 3. The molecule has 0 amide bonds. The van der Waals surface area contributed by atoms with Crippen molar-refractivity contribution in [1.29, 1.82) is 0 Å². The van der Waals surface area contributed by atoms with E-state index in [-0.39, 0.29) is 11.5 Å². The Labute approximate surface area is 153 Å². The predicted octanol–water partition coefficient (Wildman–Crippen LogP) is 3.05. The molecule has 0 spiro atoms. The summed E-state index contributed by atoms with van der Waals surface area (Å²) in [5.74, 6) is 0.570. The van der Waals surface area contributed by atoms with Crippen molar-refractivity contribution in [2.75, 3.05) is 26.1 Å². The molecule has 0 bridgehead atoms. The summed E-state index contributed by atoms with van der Waals surface area (Å²) in [4.78, 5) is 19.2. The number of allylic oxidation sites excluding steroid dienone is 5. The van der Waals surface area contributed by atoms with Gasteiger partial charge < -0.3 is 20.2 Å². The first kappa shape index (κ1) is 21.2. The van der Waals surface area contributed by atoms with Gasteiger partial charge in [-0.15, -0.1) is 0 Å². The van der Waals surface area contributed by atoms with Gasteiger partial charge in [-0.05, 0) is 12.5 Å². The van der Waals surface area contributed by atoms with Crippen LogP contribution in [-0.4, -0.2) is 34.9 Å². The zero-order chi connectivity index (χ0) is 19.5. The first-order valence-electron chi connectivity index (χ1n) is 8.55. The van der Waals surface area contributed by atoms with Crippen LogP contribution in [0.2, 0.25) is 0 Å². The van der Waals surface area contributed by atoms with Gasteiger partial charge in [0.05, 0.1) is 18.7 Å². The number of anilines is 1. The van der Waals surface area contributed by atoms with Gasteiger partial charge in [-0.3, -0.25) is 4.57 Å². The van der Waals surface area contributed by atoms with E-state index in [0.717, 1.165) is 5.57 Å².